The van der Waals surface area contributed by atoms with Gasteiger partial charge < -0.3 is 10.1 Å². The molecule has 0 fully saturated rings. The van der Waals surface area contributed by atoms with Gasteiger partial charge in [-0.05, 0) is 35.6 Å². The van der Waals surface area contributed by atoms with E-state index in [1.165, 1.54) is 4.90 Å². The molecule has 0 aliphatic carbocycles. The Morgan fingerprint density at radius 3 is 2.86 bits per heavy atom. The maximum absolute atomic E-state index is 8.54. The van der Waals surface area contributed by atoms with Gasteiger partial charge in [0.15, 0.2) is 6.61 Å². The first-order chi connectivity index (χ1) is 10.3. The van der Waals surface area contributed by atoms with Crippen molar-refractivity contribution in [2.24, 2.45) is 0 Å². The number of hydrogen-bond acceptors (Lipinski definition) is 4. The van der Waals surface area contributed by atoms with Crippen LogP contribution < -0.4 is 10.1 Å². The number of benzene rings is 2. The van der Waals surface area contributed by atoms with E-state index in [1.54, 1.807) is 0 Å². The van der Waals surface area contributed by atoms with Crippen LogP contribution in [-0.4, -0.2) is 12.4 Å². The van der Waals surface area contributed by atoms with Crippen molar-refractivity contribution in [2.45, 2.75) is 18.4 Å². The number of nitriles is 1. The molecule has 1 N–H and O–H groups in total. The molecule has 0 bridgehead atoms. The fourth-order valence-corrected chi connectivity index (χ4v) is 2.73. The van der Waals surface area contributed by atoms with E-state index in [-0.39, 0.29) is 6.61 Å². The van der Waals surface area contributed by atoms with Crippen molar-refractivity contribution >= 4 is 17.4 Å². The Morgan fingerprint density at radius 2 is 2.05 bits per heavy atom. The predicted octanol–water partition coefficient (Wildman–Crippen LogP) is 4.31. The zero-order valence-electron chi connectivity index (χ0n) is 12.0. The topological polar surface area (TPSA) is 45.0 Å². The van der Waals surface area contributed by atoms with Crippen LogP contribution in [0.2, 0.25) is 0 Å². The van der Waals surface area contributed by atoms with E-state index in [2.05, 4.69) is 30.4 Å². The minimum absolute atomic E-state index is 0.0762. The van der Waals surface area contributed by atoms with Gasteiger partial charge in [0, 0.05) is 17.1 Å². The summed E-state index contributed by atoms with van der Waals surface area (Å²) in [4.78, 5) is 1.26. The van der Waals surface area contributed by atoms with Gasteiger partial charge in [-0.1, -0.05) is 31.2 Å². The Bertz CT molecular complexity index is 622. The average Bonchev–Trinajstić information content (AvgIpc) is 2.53. The van der Waals surface area contributed by atoms with Gasteiger partial charge in [-0.3, -0.25) is 0 Å². The molecule has 0 unspecified atom stereocenters. The first-order valence-electron chi connectivity index (χ1n) is 6.88. The minimum atomic E-state index is 0.0762. The monoisotopic (exact) mass is 298 g/mol. The van der Waals surface area contributed by atoms with Crippen LogP contribution in [0.1, 0.15) is 12.5 Å². The lowest BCUT2D eigenvalue weighted by molar-refractivity contribution is 0.368. The number of hydrogen-bond donors (Lipinski definition) is 1. The molecule has 0 aliphatic rings. The third-order valence-corrected chi connectivity index (χ3v) is 3.83. The van der Waals surface area contributed by atoms with E-state index in [1.807, 2.05) is 48.2 Å². The van der Waals surface area contributed by atoms with Crippen molar-refractivity contribution in [3.8, 4) is 11.8 Å². The molecular weight excluding hydrogens is 280 g/mol. The van der Waals surface area contributed by atoms with Gasteiger partial charge in [-0.2, -0.15) is 5.26 Å². The highest BCUT2D eigenvalue weighted by Gasteiger charge is 2.02. The zero-order chi connectivity index (χ0) is 14.9. The highest BCUT2D eigenvalue weighted by atomic mass is 32.2. The van der Waals surface area contributed by atoms with Gasteiger partial charge in [0.2, 0.25) is 0 Å². The van der Waals surface area contributed by atoms with Crippen LogP contribution >= 0.6 is 11.8 Å². The SMILES string of the molecule is CCSc1ccccc1NCc1cccc(OCC#N)c1. The number of thioether (sulfide) groups is 1. The summed E-state index contributed by atoms with van der Waals surface area (Å²) in [5.74, 6) is 1.78. The van der Waals surface area contributed by atoms with E-state index >= 15 is 0 Å². The molecule has 3 nitrogen and oxygen atoms in total. The molecule has 21 heavy (non-hydrogen) atoms. The second-order valence-corrected chi connectivity index (χ2v) is 5.68. The molecule has 4 heteroatoms. The fraction of sp³-hybridized carbons (Fsp3) is 0.235. The van der Waals surface area contributed by atoms with Gasteiger partial charge in [-0.15, -0.1) is 11.8 Å². The van der Waals surface area contributed by atoms with Crippen LogP contribution in [-0.2, 0) is 6.54 Å². The van der Waals surface area contributed by atoms with Crippen LogP contribution in [0.3, 0.4) is 0 Å². The number of para-hydroxylation sites is 1. The third-order valence-electron chi connectivity index (χ3n) is 2.87. The first kappa shape index (κ1) is 15.3. The molecule has 2 aromatic carbocycles. The Kier molecular flexibility index (Phi) is 5.99. The lowest BCUT2D eigenvalue weighted by atomic mass is 10.2. The van der Waals surface area contributed by atoms with E-state index in [4.69, 9.17) is 10.00 Å². The van der Waals surface area contributed by atoms with E-state index < -0.39 is 0 Å². The summed E-state index contributed by atoms with van der Waals surface area (Å²) < 4.78 is 5.32. The molecule has 0 amide bonds. The van der Waals surface area contributed by atoms with Crippen LogP contribution in [0.25, 0.3) is 0 Å². The van der Waals surface area contributed by atoms with E-state index in [0.29, 0.717) is 0 Å². The molecule has 0 aliphatic heterocycles. The van der Waals surface area contributed by atoms with Crippen molar-refractivity contribution in [3.63, 3.8) is 0 Å². The maximum atomic E-state index is 8.54. The summed E-state index contributed by atoms with van der Waals surface area (Å²) in [5, 5.41) is 12.0. The highest BCUT2D eigenvalue weighted by Crippen LogP contribution is 2.27. The van der Waals surface area contributed by atoms with Crippen LogP contribution in [0.15, 0.2) is 53.4 Å². The Hall–Kier alpha value is -2.12. The third kappa shape index (κ3) is 4.73. The normalized spacial score (nSPS) is 9.90. The molecule has 0 saturated heterocycles. The van der Waals surface area contributed by atoms with Crippen molar-refractivity contribution in [3.05, 3.63) is 54.1 Å². The summed E-state index contributed by atoms with van der Waals surface area (Å²) in [6.07, 6.45) is 0. The first-order valence-corrected chi connectivity index (χ1v) is 7.86. The number of nitrogens with one attached hydrogen (secondary N) is 1. The van der Waals surface area contributed by atoms with Crippen molar-refractivity contribution in [1.82, 2.24) is 0 Å². The fourth-order valence-electron chi connectivity index (χ4n) is 1.95. The van der Waals surface area contributed by atoms with E-state index in [0.717, 1.165) is 29.3 Å². The van der Waals surface area contributed by atoms with Gasteiger partial charge in [0.1, 0.15) is 11.8 Å². The lowest BCUT2D eigenvalue weighted by Crippen LogP contribution is -2.01. The second kappa shape index (κ2) is 8.23. The Morgan fingerprint density at radius 1 is 1.19 bits per heavy atom. The molecule has 2 aromatic rings. The molecule has 0 radical (unpaired) electrons. The molecule has 0 spiro atoms. The average molecular weight is 298 g/mol. The highest BCUT2D eigenvalue weighted by molar-refractivity contribution is 7.99. The van der Waals surface area contributed by atoms with Crippen LogP contribution in [0, 0.1) is 11.3 Å². The van der Waals surface area contributed by atoms with E-state index in [9.17, 15) is 0 Å². The molecule has 0 atom stereocenters. The number of ether oxygens (including phenoxy) is 1. The molecule has 0 aromatic heterocycles. The maximum Gasteiger partial charge on any atom is 0.174 e. The predicted molar refractivity (Wildman–Crippen MR) is 87.7 cm³/mol. The number of anilines is 1. The smallest absolute Gasteiger partial charge is 0.174 e. The van der Waals surface area contributed by atoms with Crippen LogP contribution in [0.5, 0.6) is 5.75 Å². The second-order valence-electron chi connectivity index (χ2n) is 4.38. The van der Waals surface area contributed by atoms with Crippen LogP contribution in [0.4, 0.5) is 5.69 Å². The Labute approximate surface area is 129 Å². The van der Waals surface area contributed by atoms with Gasteiger partial charge in [-0.25, -0.2) is 0 Å². The minimum Gasteiger partial charge on any atom is -0.479 e. The van der Waals surface area contributed by atoms with Crippen molar-refractivity contribution in [1.29, 1.82) is 5.26 Å². The summed E-state index contributed by atoms with van der Waals surface area (Å²) in [6.45, 7) is 2.95. The summed E-state index contributed by atoms with van der Waals surface area (Å²) in [5.41, 5.74) is 2.27. The standard InChI is InChI=1S/C17H18N2OS/c1-2-21-17-9-4-3-8-16(17)19-13-14-6-5-7-15(12-14)20-11-10-18/h3-9,12,19H,2,11,13H2,1H3. The van der Waals surface area contributed by atoms with Crippen molar-refractivity contribution in [2.75, 3.05) is 17.7 Å². The molecular formula is C17H18N2OS. The largest absolute Gasteiger partial charge is 0.479 e. The molecule has 0 saturated carbocycles. The number of rotatable bonds is 7. The summed E-state index contributed by atoms with van der Waals surface area (Å²) in [6, 6.07) is 18.1. The molecule has 2 rings (SSSR count). The summed E-state index contributed by atoms with van der Waals surface area (Å²) in [7, 11) is 0. The quantitative estimate of drug-likeness (QED) is 0.773. The van der Waals surface area contributed by atoms with Crippen molar-refractivity contribution < 1.29 is 4.74 Å². The van der Waals surface area contributed by atoms with Gasteiger partial charge in [0.05, 0.1) is 0 Å². The van der Waals surface area contributed by atoms with Gasteiger partial charge in [0.25, 0.3) is 0 Å². The number of nitrogens with zero attached hydrogens (tertiary/aromatic N) is 1. The molecule has 108 valence electrons. The summed E-state index contributed by atoms with van der Waals surface area (Å²) >= 11 is 1.83. The molecule has 0 heterocycles. The van der Waals surface area contributed by atoms with Gasteiger partial charge >= 0.3 is 0 Å². The lowest BCUT2D eigenvalue weighted by Gasteiger charge is -2.11. The zero-order valence-corrected chi connectivity index (χ0v) is 12.8. The Balaban J connectivity index is 2.01.